The van der Waals surface area contributed by atoms with E-state index in [1.807, 2.05) is 13.0 Å². The topological polar surface area (TPSA) is 26.0 Å². The van der Waals surface area contributed by atoms with Gasteiger partial charge in [0.15, 0.2) is 0 Å². The molecule has 0 aromatic carbocycles. The molecule has 1 unspecified atom stereocenters. The van der Waals surface area contributed by atoms with Crippen molar-refractivity contribution >= 4 is 0 Å². The van der Waals surface area contributed by atoms with Crippen LogP contribution in [0, 0.1) is 0 Å². The molecule has 0 aliphatic heterocycles. The van der Waals surface area contributed by atoms with Crippen LogP contribution in [0.2, 0.25) is 0 Å². The summed E-state index contributed by atoms with van der Waals surface area (Å²) in [4.78, 5) is 0. The highest BCUT2D eigenvalue weighted by Gasteiger charge is 1.87. The lowest BCUT2D eigenvalue weighted by atomic mass is 10.1. The lowest BCUT2D eigenvalue weighted by Gasteiger charge is -1.97. The van der Waals surface area contributed by atoms with Gasteiger partial charge in [0, 0.05) is 6.04 Å². The maximum atomic E-state index is 5.56. The second-order valence-corrected chi connectivity index (χ2v) is 2.99. The third-order valence-corrected chi connectivity index (χ3v) is 1.04. The van der Waals surface area contributed by atoms with E-state index in [9.17, 15) is 0 Å². The minimum atomic E-state index is 0.163. The summed E-state index contributed by atoms with van der Waals surface area (Å²) in [5.74, 6) is 0. The van der Waals surface area contributed by atoms with Gasteiger partial charge in [-0.1, -0.05) is 23.3 Å². The molecule has 1 atom stereocenters. The first-order valence-corrected chi connectivity index (χ1v) is 3.61. The Labute approximate surface area is 63.6 Å². The molecule has 0 bridgehead atoms. The molecule has 0 fully saturated rings. The van der Waals surface area contributed by atoms with E-state index >= 15 is 0 Å². The average molecular weight is 139 g/mol. The summed E-state index contributed by atoms with van der Waals surface area (Å²) in [7, 11) is 0. The van der Waals surface area contributed by atoms with Crippen molar-refractivity contribution in [1.29, 1.82) is 0 Å². The highest BCUT2D eigenvalue weighted by molar-refractivity contribution is 5.20. The zero-order valence-electron chi connectivity index (χ0n) is 7.31. The molecule has 0 saturated heterocycles. The summed E-state index contributed by atoms with van der Waals surface area (Å²) in [6.45, 7) is 8.20. The molecular weight excluding hydrogens is 122 g/mol. The smallest absolute Gasteiger partial charge is 0.0200 e. The van der Waals surface area contributed by atoms with Gasteiger partial charge in [-0.05, 0) is 27.7 Å². The molecule has 1 nitrogen and oxygen atoms in total. The van der Waals surface area contributed by atoms with Gasteiger partial charge in [-0.3, -0.25) is 0 Å². The monoisotopic (exact) mass is 139 g/mol. The Morgan fingerprint density at radius 1 is 1.30 bits per heavy atom. The second-order valence-electron chi connectivity index (χ2n) is 2.99. The molecule has 0 spiro atoms. The van der Waals surface area contributed by atoms with Crippen molar-refractivity contribution in [1.82, 2.24) is 0 Å². The average Bonchev–Trinajstić information content (AvgIpc) is 1.58. The fraction of sp³-hybridized carbons (Fsp3) is 0.556. The summed E-state index contributed by atoms with van der Waals surface area (Å²) in [5.41, 5.74) is 8.12. The summed E-state index contributed by atoms with van der Waals surface area (Å²) in [6.07, 6.45) is 4.18. The SMILES string of the molecule is CC(C)=C/C(C)=C\C(C)N. The van der Waals surface area contributed by atoms with Crippen LogP contribution >= 0.6 is 0 Å². The Kier molecular flexibility index (Phi) is 4.05. The van der Waals surface area contributed by atoms with E-state index in [1.54, 1.807) is 0 Å². The minimum Gasteiger partial charge on any atom is -0.325 e. The molecule has 1 heteroatoms. The Morgan fingerprint density at radius 3 is 2.10 bits per heavy atom. The zero-order chi connectivity index (χ0) is 8.15. The Bertz CT molecular complexity index is 148. The van der Waals surface area contributed by atoms with Crippen LogP contribution in [0.25, 0.3) is 0 Å². The quantitative estimate of drug-likeness (QED) is 0.583. The first-order chi connectivity index (χ1) is 4.52. The van der Waals surface area contributed by atoms with Gasteiger partial charge >= 0.3 is 0 Å². The molecule has 0 heterocycles. The molecule has 58 valence electrons. The first-order valence-electron chi connectivity index (χ1n) is 3.61. The van der Waals surface area contributed by atoms with Gasteiger partial charge in [0.2, 0.25) is 0 Å². The van der Waals surface area contributed by atoms with Crippen molar-refractivity contribution in [2.24, 2.45) is 5.73 Å². The van der Waals surface area contributed by atoms with E-state index in [0.29, 0.717) is 0 Å². The molecule has 10 heavy (non-hydrogen) atoms. The first kappa shape index (κ1) is 9.44. The van der Waals surface area contributed by atoms with Gasteiger partial charge in [0.25, 0.3) is 0 Å². The van der Waals surface area contributed by atoms with Crippen LogP contribution in [0.1, 0.15) is 27.7 Å². The Hall–Kier alpha value is -0.560. The molecule has 0 aliphatic carbocycles. The van der Waals surface area contributed by atoms with Gasteiger partial charge in [-0.25, -0.2) is 0 Å². The highest BCUT2D eigenvalue weighted by atomic mass is 14.6. The van der Waals surface area contributed by atoms with E-state index in [1.165, 1.54) is 11.1 Å². The largest absolute Gasteiger partial charge is 0.325 e. The third kappa shape index (κ3) is 5.57. The van der Waals surface area contributed by atoms with E-state index in [0.717, 1.165) is 0 Å². The van der Waals surface area contributed by atoms with Crippen molar-refractivity contribution in [3.63, 3.8) is 0 Å². The summed E-state index contributed by atoms with van der Waals surface area (Å²) in [6, 6.07) is 0.163. The fourth-order valence-corrected chi connectivity index (χ4v) is 0.918. The molecule has 0 radical (unpaired) electrons. The molecule has 0 saturated carbocycles. The fourth-order valence-electron chi connectivity index (χ4n) is 0.918. The molecule has 2 N–H and O–H groups in total. The van der Waals surface area contributed by atoms with Crippen LogP contribution in [0.4, 0.5) is 0 Å². The predicted molar refractivity (Wildman–Crippen MR) is 46.8 cm³/mol. The molecule has 0 aromatic heterocycles. The Morgan fingerprint density at radius 2 is 1.80 bits per heavy atom. The predicted octanol–water partition coefficient (Wildman–Crippen LogP) is 2.25. The van der Waals surface area contributed by atoms with Crippen molar-refractivity contribution in [3.05, 3.63) is 23.3 Å². The van der Waals surface area contributed by atoms with E-state index in [-0.39, 0.29) is 6.04 Å². The molecule has 0 aromatic rings. The van der Waals surface area contributed by atoms with Crippen molar-refractivity contribution in [3.8, 4) is 0 Å². The van der Waals surface area contributed by atoms with E-state index in [2.05, 4.69) is 26.8 Å². The number of allylic oxidation sites excluding steroid dienone is 3. The van der Waals surface area contributed by atoms with Gasteiger partial charge < -0.3 is 5.73 Å². The Balaban J connectivity index is 4.08. The summed E-state index contributed by atoms with van der Waals surface area (Å²) < 4.78 is 0. The van der Waals surface area contributed by atoms with Crippen LogP contribution in [0.3, 0.4) is 0 Å². The molecule has 0 aliphatic rings. The number of rotatable bonds is 2. The second kappa shape index (κ2) is 4.29. The van der Waals surface area contributed by atoms with Gasteiger partial charge in [-0.2, -0.15) is 0 Å². The summed E-state index contributed by atoms with van der Waals surface area (Å²) >= 11 is 0. The minimum absolute atomic E-state index is 0.163. The van der Waals surface area contributed by atoms with Crippen molar-refractivity contribution in [2.45, 2.75) is 33.7 Å². The maximum absolute atomic E-state index is 5.56. The van der Waals surface area contributed by atoms with Crippen LogP contribution in [-0.4, -0.2) is 6.04 Å². The van der Waals surface area contributed by atoms with Crippen LogP contribution in [0.5, 0.6) is 0 Å². The zero-order valence-corrected chi connectivity index (χ0v) is 7.31. The number of hydrogen-bond donors (Lipinski definition) is 1. The van der Waals surface area contributed by atoms with Crippen LogP contribution in [0.15, 0.2) is 23.3 Å². The molecular formula is C9H17N. The number of hydrogen-bond acceptors (Lipinski definition) is 1. The van der Waals surface area contributed by atoms with Crippen LogP contribution in [-0.2, 0) is 0 Å². The molecule has 0 amide bonds. The summed E-state index contributed by atoms with van der Waals surface area (Å²) in [5, 5.41) is 0. The van der Waals surface area contributed by atoms with Crippen molar-refractivity contribution < 1.29 is 0 Å². The normalized spacial score (nSPS) is 14.7. The highest BCUT2D eigenvalue weighted by Crippen LogP contribution is 2.00. The molecule has 0 rings (SSSR count). The van der Waals surface area contributed by atoms with E-state index in [4.69, 9.17) is 5.73 Å². The maximum Gasteiger partial charge on any atom is 0.0200 e. The number of nitrogens with two attached hydrogens (primary N) is 1. The lowest BCUT2D eigenvalue weighted by Crippen LogP contribution is -2.10. The van der Waals surface area contributed by atoms with Gasteiger partial charge in [0.05, 0.1) is 0 Å². The standard InChI is InChI=1S/C9H17N/c1-7(2)5-8(3)6-9(4)10/h5-6,9H,10H2,1-4H3/b8-6-. The van der Waals surface area contributed by atoms with Crippen molar-refractivity contribution in [2.75, 3.05) is 0 Å². The van der Waals surface area contributed by atoms with Crippen LogP contribution < -0.4 is 5.73 Å². The van der Waals surface area contributed by atoms with E-state index < -0.39 is 0 Å². The lowest BCUT2D eigenvalue weighted by molar-refractivity contribution is 0.917. The third-order valence-electron chi connectivity index (χ3n) is 1.04. The van der Waals surface area contributed by atoms with Gasteiger partial charge in [-0.15, -0.1) is 0 Å². The van der Waals surface area contributed by atoms with Gasteiger partial charge in [0.1, 0.15) is 0 Å².